The molecule has 0 unspecified atom stereocenters. The predicted molar refractivity (Wildman–Crippen MR) is 62.3 cm³/mol. The highest BCUT2D eigenvalue weighted by Crippen LogP contribution is 2.28. The summed E-state index contributed by atoms with van der Waals surface area (Å²) in [7, 11) is 1.89. The standard InChI is InChI=1S/C13H18FNO/c1-15-8-7-10-9-11(14)5-6-13(10)16-12-3-2-4-12/h5-6,9,12,15H,2-4,7-8H2,1H3. The molecular weight excluding hydrogens is 205 g/mol. The summed E-state index contributed by atoms with van der Waals surface area (Å²) in [6.45, 7) is 0.838. The normalized spacial score (nSPS) is 15.9. The molecule has 1 saturated carbocycles. The molecule has 88 valence electrons. The Labute approximate surface area is 95.8 Å². The zero-order valence-corrected chi connectivity index (χ0v) is 9.63. The van der Waals surface area contributed by atoms with Crippen molar-refractivity contribution in [2.24, 2.45) is 0 Å². The van der Waals surface area contributed by atoms with E-state index in [0.717, 1.165) is 37.1 Å². The first-order valence-electron chi connectivity index (χ1n) is 5.89. The quantitative estimate of drug-likeness (QED) is 0.828. The number of hydrogen-bond acceptors (Lipinski definition) is 2. The second-order valence-corrected chi connectivity index (χ2v) is 4.28. The molecule has 0 saturated heterocycles. The molecule has 1 aliphatic carbocycles. The zero-order valence-electron chi connectivity index (χ0n) is 9.63. The summed E-state index contributed by atoms with van der Waals surface area (Å²) < 4.78 is 19.0. The summed E-state index contributed by atoms with van der Waals surface area (Å²) in [5, 5.41) is 3.07. The maximum atomic E-state index is 13.1. The Morgan fingerprint density at radius 2 is 2.25 bits per heavy atom. The van der Waals surface area contributed by atoms with Crippen molar-refractivity contribution >= 4 is 0 Å². The van der Waals surface area contributed by atoms with E-state index < -0.39 is 0 Å². The maximum absolute atomic E-state index is 13.1. The first kappa shape index (κ1) is 11.4. The fourth-order valence-corrected chi connectivity index (χ4v) is 1.79. The van der Waals surface area contributed by atoms with Gasteiger partial charge in [0.2, 0.25) is 0 Å². The van der Waals surface area contributed by atoms with Crippen LogP contribution in [0, 0.1) is 5.82 Å². The number of nitrogens with one attached hydrogen (secondary N) is 1. The van der Waals surface area contributed by atoms with Gasteiger partial charge in [0.1, 0.15) is 11.6 Å². The van der Waals surface area contributed by atoms with Gasteiger partial charge in [0, 0.05) is 0 Å². The highest BCUT2D eigenvalue weighted by atomic mass is 19.1. The lowest BCUT2D eigenvalue weighted by molar-refractivity contribution is 0.119. The van der Waals surface area contributed by atoms with E-state index in [4.69, 9.17) is 4.74 Å². The van der Waals surface area contributed by atoms with Gasteiger partial charge in [-0.2, -0.15) is 0 Å². The Hall–Kier alpha value is -1.09. The third-order valence-electron chi connectivity index (χ3n) is 3.01. The van der Waals surface area contributed by atoms with Gasteiger partial charge in [-0.1, -0.05) is 0 Å². The molecule has 1 fully saturated rings. The Morgan fingerprint density at radius 1 is 1.44 bits per heavy atom. The molecule has 1 aromatic carbocycles. The second-order valence-electron chi connectivity index (χ2n) is 4.28. The van der Waals surface area contributed by atoms with Gasteiger partial charge < -0.3 is 10.1 Å². The van der Waals surface area contributed by atoms with Crippen LogP contribution < -0.4 is 10.1 Å². The Morgan fingerprint density at radius 3 is 2.88 bits per heavy atom. The highest BCUT2D eigenvalue weighted by molar-refractivity contribution is 5.34. The van der Waals surface area contributed by atoms with Crippen LogP contribution in [0.15, 0.2) is 18.2 Å². The molecule has 0 spiro atoms. The molecule has 0 aliphatic heterocycles. The average Bonchev–Trinajstić information content (AvgIpc) is 2.22. The van der Waals surface area contributed by atoms with Gasteiger partial charge in [-0.3, -0.25) is 0 Å². The molecule has 1 aromatic rings. The predicted octanol–water partition coefficient (Wildman–Crippen LogP) is 2.52. The van der Waals surface area contributed by atoms with Crippen molar-refractivity contribution in [1.82, 2.24) is 5.32 Å². The molecule has 0 radical (unpaired) electrons. The minimum atomic E-state index is -0.188. The Balaban J connectivity index is 2.07. The topological polar surface area (TPSA) is 21.3 Å². The van der Waals surface area contributed by atoms with Crippen molar-refractivity contribution in [2.75, 3.05) is 13.6 Å². The van der Waals surface area contributed by atoms with E-state index in [2.05, 4.69) is 5.32 Å². The molecule has 16 heavy (non-hydrogen) atoms. The summed E-state index contributed by atoms with van der Waals surface area (Å²) in [5.74, 6) is 0.661. The van der Waals surface area contributed by atoms with E-state index in [0.29, 0.717) is 6.10 Å². The lowest BCUT2D eigenvalue weighted by atomic mass is 9.96. The minimum Gasteiger partial charge on any atom is -0.490 e. The maximum Gasteiger partial charge on any atom is 0.123 e. The third kappa shape index (κ3) is 2.73. The number of benzene rings is 1. The lowest BCUT2D eigenvalue weighted by Crippen LogP contribution is -2.25. The lowest BCUT2D eigenvalue weighted by Gasteiger charge is -2.27. The van der Waals surface area contributed by atoms with Crippen LogP contribution in [0.3, 0.4) is 0 Å². The molecule has 3 heteroatoms. The number of halogens is 1. The molecule has 2 rings (SSSR count). The second kappa shape index (κ2) is 5.30. The average molecular weight is 223 g/mol. The fourth-order valence-electron chi connectivity index (χ4n) is 1.79. The van der Waals surface area contributed by atoms with Crippen LogP contribution in [0.4, 0.5) is 4.39 Å². The van der Waals surface area contributed by atoms with Gasteiger partial charge in [0.15, 0.2) is 0 Å². The summed E-state index contributed by atoms with van der Waals surface area (Å²) in [4.78, 5) is 0. The van der Waals surface area contributed by atoms with Crippen LogP contribution in [0.1, 0.15) is 24.8 Å². The van der Waals surface area contributed by atoms with Crippen LogP contribution in [0.25, 0.3) is 0 Å². The van der Waals surface area contributed by atoms with Crippen molar-refractivity contribution in [3.8, 4) is 5.75 Å². The molecule has 0 aromatic heterocycles. The molecule has 0 heterocycles. The van der Waals surface area contributed by atoms with Crippen LogP contribution in [0.2, 0.25) is 0 Å². The van der Waals surface area contributed by atoms with E-state index in [1.165, 1.54) is 12.5 Å². The van der Waals surface area contributed by atoms with Gasteiger partial charge in [-0.25, -0.2) is 4.39 Å². The third-order valence-corrected chi connectivity index (χ3v) is 3.01. The Kier molecular flexibility index (Phi) is 3.78. The van der Waals surface area contributed by atoms with Gasteiger partial charge in [0.05, 0.1) is 6.10 Å². The molecule has 0 bridgehead atoms. The zero-order chi connectivity index (χ0) is 11.4. The molecule has 0 atom stereocenters. The first-order chi connectivity index (χ1) is 7.79. The summed E-state index contributed by atoms with van der Waals surface area (Å²) in [5.41, 5.74) is 0.959. The van der Waals surface area contributed by atoms with Crippen molar-refractivity contribution < 1.29 is 9.13 Å². The summed E-state index contributed by atoms with van der Waals surface area (Å²) in [6.07, 6.45) is 4.65. The fraction of sp³-hybridized carbons (Fsp3) is 0.538. The van der Waals surface area contributed by atoms with E-state index in [-0.39, 0.29) is 5.82 Å². The van der Waals surface area contributed by atoms with Gasteiger partial charge >= 0.3 is 0 Å². The summed E-state index contributed by atoms with van der Waals surface area (Å²) >= 11 is 0. The smallest absolute Gasteiger partial charge is 0.123 e. The van der Waals surface area contributed by atoms with Crippen molar-refractivity contribution in [2.45, 2.75) is 31.8 Å². The van der Waals surface area contributed by atoms with E-state index in [1.807, 2.05) is 7.05 Å². The van der Waals surface area contributed by atoms with Crippen molar-refractivity contribution in [3.63, 3.8) is 0 Å². The van der Waals surface area contributed by atoms with Crippen molar-refractivity contribution in [1.29, 1.82) is 0 Å². The number of hydrogen-bond donors (Lipinski definition) is 1. The molecule has 1 N–H and O–H groups in total. The number of ether oxygens (including phenoxy) is 1. The van der Waals surface area contributed by atoms with Crippen LogP contribution in [0.5, 0.6) is 5.75 Å². The van der Waals surface area contributed by atoms with Gasteiger partial charge in [0.25, 0.3) is 0 Å². The summed E-state index contributed by atoms with van der Waals surface area (Å²) in [6, 6.07) is 4.79. The van der Waals surface area contributed by atoms with E-state index in [9.17, 15) is 4.39 Å². The molecule has 1 aliphatic rings. The SMILES string of the molecule is CNCCc1cc(F)ccc1OC1CCC1. The van der Waals surface area contributed by atoms with Gasteiger partial charge in [-0.15, -0.1) is 0 Å². The molecular formula is C13H18FNO. The largest absolute Gasteiger partial charge is 0.490 e. The monoisotopic (exact) mass is 223 g/mol. The molecule has 2 nitrogen and oxygen atoms in total. The van der Waals surface area contributed by atoms with Gasteiger partial charge in [-0.05, 0) is 63.0 Å². The van der Waals surface area contributed by atoms with Crippen molar-refractivity contribution in [3.05, 3.63) is 29.6 Å². The van der Waals surface area contributed by atoms with Crippen LogP contribution >= 0.6 is 0 Å². The van der Waals surface area contributed by atoms with E-state index >= 15 is 0 Å². The highest BCUT2D eigenvalue weighted by Gasteiger charge is 2.20. The Bertz CT molecular complexity index is 350. The van der Waals surface area contributed by atoms with Crippen LogP contribution in [-0.4, -0.2) is 19.7 Å². The molecule has 0 amide bonds. The van der Waals surface area contributed by atoms with E-state index in [1.54, 1.807) is 12.1 Å². The first-order valence-corrected chi connectivity index (χ1v) is 5.89. The minimum absolute atomic E-state index is 0.188. The number of rotatable bonds is 5. The van der Waals surface area contributed by atoms with Crippen LogP contribution in [-0.2, 0) is 6.42 Å². The number of likely N-dealkylation sites (N-methyl/N-ethyl adjacent to an activating group) is 1.